The van der Waals surface area contributed by atoms with Crippen LogP contribution in [0.3, 0.4) is 0 Å². The highest BCUT2D eigenvalue weighted by Gasteiger charge is 2.45. The Bertz CT molecular complexity index is 360. The van der Waals surface area contributed by atoms with Crippen molar-refractivity contribution < 1.29 is 4.52 Å². The zero-order valence-corrected chi connectivity index (χ0v) is 9.96. The molecule has 0 amide bonds. The molecule has 88 valence electrons. The van der Waals surface area contributed by atoms with Gasteiger partial charge in [-0.25, -0.2) is 0 Å². The van der Waals surface area contributed by atoms with Gasteiger partial charge in [-0.05, 0) is 39.2 Å². The van der Waals surface area contributed by atoms with Crippen molar-refractivity contribution in [2.45, 2.75) is 56.9 Å². The van der Waals surface area contributed by atoms with Gasteiger partial charge in [0.1, 0.15) is 5.76 Å². The molecule has 1 unspecified atom stereocenters. The lowest BCUT2D eigenvalue weighted by Gasteiger charge is -2.33. The van der Waals surface area contributed by atoms with Crippen LogP contribution in [0.15, 0.2) is 10.6 Å². The van der Waals surface area contributed by atoms with Gasteiger partial charge in [-0.2, -0.15) is 0 Å². The molecule has 16 heavy (non-hydrogen) atoms. The Morgan fingerprint density at radius 1 is 1.38 bits per heavy atom. The zero-order valence-electron chi connectivity index (χ0n) is 9.96. The van der Waals surface area contributed by atoms with Gasteiger partial charge in [-0.15, -0.1) is 0 Å². The van der Waals surface area contributed by atoms with E-state index < -0.39 is 0 Å². The molecule has 1 atom stereocenters. The van der Waals surface area contributed by atoms with E-state index in [4.69, 9.17) is 4.52 Å². The first-order valence-corrected chi connectivity index (χ1v) is 6.48. The minimum absolute atomic E-state index is 0.272. The smallest absolute Gasteiger partial charge is 0.133 e. The average Bonchev–Trinajstić information content (AvgIpc) is 2.98. The Morgan fingerprint density at radius 3 is 2.75 bits per heavy atom. The maximum absolute atomic E-state index is 5.28. The van der Waals surface area contributed by atoms with E-state index in [1.54, 1.807) is 0 Å². The molecule has 1 N–H and O–H groups in total. The van der Waals surface area contributed by atoms with Crippen LogP contribution in [0, 0.1) is 6.92 Å². The molecule has 3 heteroatoms. The van der Waals surface area contributed by atoms with Gasteiger partial charge >= 0.3 is 0 Å². The molecule has 0 aromatic carbocycles. The highest BCUT2D eigenvalue weighted by Crippen LogP contribution is 2.45. The van der Waals surface area contributed by atoms with E-state index in [2.05, 4.69) is 16.5 Å². The second-order valence-corrected chi connectivity index (χ2v) is 5.33. The van der Waals surface area contributed by atoms with Gasteiger partial charge in [-0.1, -0.05) is 18.0 Å². The van der Waals surface area contributed by atoms with Crippen molar-refractivity contribution in [1.29, 1.82) is 0 Å². The molecule has 1 saturated heterocycles. The van der Waals surface area contributed by atoms with E-state index in [0.29, 0.717) is 6.04 Å². The lowest BCUT2D eigenvalue weighted by molar-refractivity contribution is 0.292. The fraction of sp³-hybridized carbons (Fsp3) is 0.769. The fourth-order valence-electron chi connectivity index (χ4n) is 3.55. The minimum atomic E-state index is 0.272. The number of aryl methyl sites for hydroxylation is 1. The van der Waals surface area contributed by atoms with Crippen molar-refractivity contribution in [3.63, 3.8) is 0 Å². The Hall–Kier alpha value is -0.830. The SMILES string of the molecule is Cc1cc(C2(C3CCCN3)CCCC2)no1. The summed E-state index contributed by atoms with van der Waals surface area (Å²) in [7, 11) is 0. The fourth-order valence-corrected chi connectivity index (χ4v) is 3.55. The van der Waals surface area contributed by atoms with Crippen molar-refractivity contribution in [3.05, 3.63) is 17.5 Å². The highest BCUT2D eigenvalue weighted by molar-refractivity contribution is 5.23. The van der Waals surface area contributed by atoms with Crippen molar-refractivity contribution in [1.82, 2.24) is 10.5 Å². The third-order valence-electron chi connectivity index (χ3n) is 4.36. The minimum Gasteiger partial charge on any atom is -0.361 e. The van der Waals surface area contributed by atoms with Crippen LogP contribution in [0.1, 0.15) is 50.0 Å². The molecule has 1 aromatic rings. The topological polar surface area (TPSA) is 38.1 Å². The first-order chi connectivity index (χ1) is 7.81. The van der Waals surface area contributed by atoms with Crippen LogP contribution in [-0.4, -0.2) is 17.7 Å². The lowest BCUT2D eigenvalue weighted by Crippen LogP contribution is -2.43. The summed E-state index contributed by atoms with van der Waals surface area (Å²) in [5, 5.41) is 7.96. The standard InChI is InChI=1S/C13H20N2O/c1-10-9-12(15-16-10)13(6-2-3-7-13)11-5-4-8-14-11/h9,11,14H,2-8H2,1H3. The van der Waals surface area contributed by atoms with Gasteiger partial charge in [0, 0.05) is 17.5 Å². The summed E-state index contributed by atoms with van der Waals surface area (Å²) in [5.41, 5.74) is 1.47. The molecule has 1 aromatic heterocycles. The maximum atomic E-state index is 5.28. The normalized spacial score (nSPS) is 28.7. The molecule has 1 saturated carbocycles. The summed E-state index contributed by atoms with van der Waals surface area (Å²) in [6.07, 6.45) is 7.83. The predicted molar refractivity (Wildman–Crippen MR) is 62.4 cm³/mol. The van der Waals surface area contributed by atoms with E-state index >= 15 is 0 Å². The van der Waals surface area contributed by atoms with Gasteiger partial charge in [0.2, 0.25) is 0 Å². The number of hydrogen-bond acceptors (Lipinski definition) is 3. The number of hydrogen-bond donors (Lipinski definition) is 1. The molecule has 2 aliphatic rings. The summed E-state index contributed by atoms with van der Waals surface area (Å²) in [6.45, 7) is 3.16. The van der Waals surface area contributed by atoms with Crippen LogP contribution < -0.4 is 5.32 Å². The van der Waals surface area contributed by atoms with Gasteiger partial charge in [0.25, 0.3) is 0 Å². The third kappa shape index (κ3) is 1.49. The lowest BCUT2D eigenvalue weighted by atomic mass is 9.75. The van der Waals surface area contributed by atoms with Crippen LogP contribution in [-0.2, 0) is 5.41 Å². The van der Waals surface area contributed by atoms with Crippen molar-refractivity contribution in [3.8, 4) is 0 Å². The molecular formula is C13H20N2O. The summed E-state index contributed by atoms with van der Waals surface area (Å²) >= 11 is 0. The second-order valence-electron chi connectivity index (χ2n) is 5.33. The quantitative estimate of drug-likeness (QED) is 0.832. The van der Waals surface area contributed by atoms with E-state index in [9.17, 15) is 0 Å². The zero-order chi connectivity index (χ0) is 11.0. The van der Waals surface area contributed by atoms with Gasteiger partial charge in [0.05, 0.1) is 5.69 Å². The molecule has 0 bridgehead atoms. The van der Waals surface area contributed by atoms with Crippen LogP contribution in [0.5, 0.6) is 0 Å². The maximum Gasteiger partial charge on any atom is 0.133 e. The second kappa shape index (κ2) is 3.88. The van der Waals surface area contributed by atoms with Crippen LogP contribution in [0.25, 0.3) is 0 Å². The van der Waals surface area contributed by atoms with E-state index in [1.165, 1.54) is 50.8 Å². The molecule has 2 heterocycles. The van der Waals surface area contributed by atoms with Crippen molar-refractivity contribution in [2.24, 2.45) is 0 Å². The van der Waals surface area contributed by atoms with E-state index in [0.717, 1.165) is 5.76 Å². The first kappa shape index (κ1) is 10.3. The molecule has 3 nitrogen and oxygen atoms in total. The molecule has 2 fully saturated rings. The number of aromatic nitrogens is 1. The first-order valence-electron chi connectivity index (χ1n) is 6.48. The summed E-state index contributed by atoms with van der Waals surface area (Å²) in [5.74, 6) is 0.944. The van der Waals surface area contributed by atoms with E-state index in [1.807, 2.05) is 6.92 Å². The predicted octanol–water partition coefficient (Wildman–Crippen LogP) is 2.55. The highest BCUT2D eigenvalue weighted by atomic mass is 16.5. The Morgan fingerprint density at radius 2 is 2.19 bits per heavy atom. The van der Waals surface area contributed by atoms with Gasteiger partial charge in [-0.3, -0.25) is 0 Å². The van der Waals surface area contributed by atoms with Gasteiger partial charge < -0.3 is 9.84 Å². The van der Waals surface area contributed by atoms with Crippen molar-refractivity contribution in [2.75, 3.05) is 6.54 Å². The Labute approximate surface area is 96.6 Å². The number of rotatable bonds is 2. The summed E-state index contributed by atoms with van der Waals surface area (Å²) in [6, 6.07) is 2.77. The summed E-state index contributed by atoms with van der Waals surface area (Å²) in [4.78, 5) is 0. The van der Waals surface area contributed by atoms with Crippen LogP contribution >= 0.6 is 0 Å². The van der Waals surface area contributed by atoms with Crippen molar-refractivity contribution >= 4 is 0 Å². The van der Waals surface area contributed by atoms with Crippen LogP contribution in [0.4, 0.5) is 0 Å². The Balaban J connectivity index is 1.95. The largest absolute Gasteiger partial charge is 0.361 e. The molecular weight excluding hydrogens is 200 g/mol. The molecule has 1 aliphatic carbocycles. The van der Waals surface area contributed by atoms with Crippen LogP contribution in [0.2, 0.25) is 0 Å². The number of nitrogens with one attached hydrogen (secondary N) is 1. The monoisotopic (exact) mass is 220 g/mol. The third-order valence-corrected chi connectivity index (χ3v) is 4.36. The molecule has 0 radical (unpaired) electrons. The molecule has 0 spiro atoms. The average molecular weight is 220 g/mol. The summed E-state index contributed by atoms with van der Waals surface area (Å²) < 4.78 is 5.28. The molecule has 3 rings (SSSR count). The van der Waals surface area contributed by atoms with Gasteiger partial charge in [0.15, 0.2) is 0 Å². The molecule has 1 aliphatic heterocycles. The van der Waals surface area contributed by atoms with E-state index in [-0.39, 0.29) is 5.41 Å². The Kier molecular flexibility index (Phi) is 2.51. The number of nitrogens with zero attached hydrogens (tertiary/aromatic N) is 1.